The van der Waals surface area contributed by atoms with Gasteiger partial charge in [0, 0.05) is 26.1 Å². The number of rotatable bonds is 6. The fourth-order valence-corrected chi connectivity index (χ4v) is 4.12. The Morgan fingerprint density at radius 1 is 1.11 bits per heavy atom. The molecule has 0 aromatic carbocycles. The van der Waals surface area contributed by atoms with Gasteiger partial charge in [-0.05, 0) is 37.5 Å². The number of nitrogens with one attached hydrogen (secondary N) is 2. The van der Waals surface area contributed by atoms with E-state index in [1.54, 1.807) is 4.90 Å². The van der Waals surface area contributed by atoms with E-state index in [2.05, 4.69) is 24.5 Å². The molecule has 1 aliphatic heterocycles. The van der Waals surface area contributed by atoms with Crippen LogP contribution in [0.3, 0.4) is 0 Å². The van der Waals surface area contributed by atoms with Crippen LogP contribution < -0.4 is 10.6 Å². The van der Waals surface area contributed by atoms with Crippen LogP contribution in [0, 0.1) is 11.8 Å². The highest BCUT2D eigenvalue weighted by Crippen LogP contribution is 2.28. The number of carboxylic acids is 1. The molecule has 0 aromatic rings. The number of urea groups is 1. The molecule has 1 atom stereocenters. The van der Waals surface area contributed by atoms with Crippen molar-refractivity contribution in [1.29, 1.82) is 0 Å². The van der Waals surface area contributed by atoms with Gasteiger partial charge in [0.15, 0.2) is 0 Å². The summed E-state index contributed by atoms with van der Waals surface area (Å²) in [5, 5.41) is 15.5. The summed E-state index contributed by atoms with van der Waals surface area (Å²) < 4.78 is 0. The smallest absolute Gasteiger partial charge is 0.329 e. The zero-order valence-corrected chi connectivity index (χ0v) is 16.8. The minimum Gasteiger partial charge on any atom is -0.480 e. The predicted molar refractivity (Wildman–Crippen MR) is 103 cm³/mol. The first-order valence-electron chi connectivity index (χ1n) is 10.4. The third kappa shape index (κ3) is 6.40. The molecule has 7 heteroatoms. The molecule has 3 N–H and O–H groups in total. The quantitative estimate of drug-likeness (QED) is 0.616. The Kier molecular flexibility index (Phi) is 7.92. The Morgan fingerprint density at radius 2 is 1.78 bits per heavy atom. The maximum atomic E-state index is 12.6. The van der Waals surface area contributed by atoms with Crippen molar-refractivity contribution in [3.8, 4) is 0 Å². The van der Waals surface area contributed by atoms with Gasteiger partial charge in [-0.3, -0.25) is 4.79 Å². The lowest BCUT2D eigenvalue weighted by Gasteiger charge is -2.34. The summed E-state index contributed by atoms with van der Waals surface area (Å²) in [6.07, 6.45) is 6.76. The van der Waals surface area contributed by atoms with E-state index >= 15 is 0 Å². The molecule has 1 heterocycles. The summed E-state index contributed by atoms with van der Waals surface area (Å²) in [7, 11) is 0. The second-order valence-corrected chi connectivity index (χ2v) is 8.59. The van der Waals surface area contributed by atoms with Crippen molar-refractivity contribution in [1.82, 2.24) is 15.5 Å². The largest absolute Gasteiger partial charge is 0.480 e. The summed E-state index contributed by atoms with van der Waals surface area (Å²) in [4.78, 5) is 38.5. The molecule has 1 saturated heterocycles. The van der Waals surface area contributed by atoms with E-state index < -0.39 is 11.5 Å². The van der Waals surface area contributed by atoms with E-state index in [0.717, 1.165) is 38.5 Å². The summed E-state index contributed by atoms with van der Waals surface area (Å²) in [5.41, 5.74) is -1.11. The second kappa shape index (κ2) is 9.95. The van der Waals surface area contributed by atoms with Gasteiger partial charge in [-0.15, -0.1) is 0 Å². The number of amides is 3. The van der Waals surface area contributed by atoms with Crippen LogP contribution in [0.15, 0.2) is 0 Å². The lowest BCUT2D eigenvalue weighted by molar-refractivity contribution is -0.148. The minimum atomic E-state index is -1.11. The van der Waals surface area contributed by atoms with E-state index in [4.69, 9.17) is 0 Å². The molecule has 7 nitrogen and oxygen atoms in total. The average Bonchev–Trinajstić information content (AvgIpc) is 2.86. The van der Waals surface area contributed by atoms with Gasteiger partial charge in [0.1, 0.15) is 5.54 Å². The molecule has 27 heavy (non-hydrogen) atoms. The molecule has 1 unspecified atom stereocenters. The van der Waals surface area contributed by atoms with Gasteiger partial charge >= 0.3 is 12.0 Å². The zero-order chi connectivity index (χ0) is 19.9. The van der Waals surface area contributed by atoms with Crippen molar-refractivity contribution in [2.24, 2.45) is 11.8 Å². The molecular weight excluding hydrogens is 346 g/mol. The molecule has 154 valence electrons. The maximum Gasteiger partial charge on any atom is 0.329 e. The van der Waals surface area contributed by atoms with Crippen molar-refractivity contribution in [2.45, 2.75) is 77.2 Å². The maximum absolute atomic E-state index is 12.6. The third-order valence-electron chi connectivity index (χ3n) is 5.69. The van der Waals surface area contributed by atoms with E-state index in [0.29, 0.717) is 38.4 Å². The molecule has 1 aliphatic carbocycles. The van der Waals surface area contributed by atoms with Gasteiger partial charge < -0.3 is 20.6 Å². The lowest BCUT2D eigenvalue weighted by Crippen LogP contribution is -2.55. The number of carbonyl (C=O) groups excluding carboxylic acids is 2. The van der Waals surface area contributed by atoms with Crippen LogP contribution in [0.25, 0.3) is 0 Å². The molecular formula is C20H35N3O4. The molecule has 0 aromatic heterocycles. The fourth-order valence-electron chi connectivity index (χ4n) is 4.12. The standard InChI is InChI=1S/C20H35N3O4/c1-15(2)13-21-19(27)23-11-7-8-16(14-23)12-17(24)22-20(18(25)26)9-5-3-4-6-10-20/h15-16H,3-14H2,1-2H3,(H,21,27)(H,22,24)(H,25,26). The number of likely N-dealkylation sites (tertiary alicyclic amines) is 1. The Morgan fingerprint density at radius 3 is 2.37 bits per heavy atom. The van der Waals surface area contributed by atoms with Crippen LogP contribution in [0.2, 0.25) is 0 Å². The number of hydrogen-bond donors (Lipinski definition) is 3. The van der Waals surface area contributed by atoms with Gasteiger partial charge in [0.05, 0.1) is 0 Å². The van der Waals surface area contributed by atoms with Crippen LogP contribution >= 0.6 is 0 Å². The van der Waals surface area contributed by atoms with Gasteiger partial charge in [0.25, 0.3) is 0 Å². The van der Waals surface area contributed by atoms with Crippen LogP contribution in [0.1, 0.15) is 71.6 Å². The van der Waals surface area contributed by atoms with Gasteiger partial charge in [-0.2, -0.15) is 0 Å². The van der Waals surface area contributed by atoms with E-state index in [9.17, 15) is 19.5 Å². The Labute approximate surface area is 162 Å². The summed E-state index contributed by atoms with van der Waals surface area (Å²) in [5.74, 6) is -0.642. The van der Waals surface area contributed by atoms with Crippen molar-refractivity contribution in [3.63, 3.8) is 0 Å². The molecule has 2 fully saturated rings. The molecule has 3 amide bonds. The Bertz CT molecular complexity index is 527. The lowest BCUT2D eigenvalue weighted by atomic mass is 9.88. The normalized spacial score (nSPS) is 22.8. The number of hydrogen-bond acceptors (Lipinski definition) is 3. The second-order valence-electron chi connectivity index (χ2n) is 8.59. The number of nitrogens with zero attached hydrogens (tertiary/aromatic N) is 1. The highest BCUT2D eigenvalue weighted by molar-refractivity contribution is 5.87. The molecule has 0 bridgehead atoms. The summed E-state index contributed by atoms with van der Waals surface area (Å²) in [6.45, 7) is 6.00. The van der Waals surface area contributed by atoms with E-state index in [1.165, 1.54) is 0 Å². The number of carboxylic acid groups (broad SMARTS) is 1. The molecule has 0 spiro atoms. The summed E-state index contributed by atoms with van der Waals surface area (Å²) in [6, 6.07) is -0.0698. The fraction of sp³-hybridized carbons (Fsp3) is 0.850. The monoisotopic (exact) mass is 381 g/mol. The molecule has 2 rings (SSSR count). The van der Waals surface area contributed by atoms with Crippen molar-refractivity contribution >= 4 is 17.9 Å². The van der Waals surface area contributed by atoms with E-state index in [1.807, 2.05) is 0 Å². The first-order chi connectivity index (χ1) is 12.8. The van der Waals surface area contributed by atoms with Crippen LogP contribution in [0.4, 0.5) is 4.79 Å². The first-order valence-corrected chi connectivity index (χ1v) is 10.4. The number of aliphatic carboxylic acids is 1. The van der Waals surface area contributed by atoms with Gasteiger partial charge in [0.2, 0.25) is 5.91 Å². The molecule has 2 aliphatic rings. The van der Waals surface area contributed by atoms with Crippen molar-refractivity contribution < 1.29 is 19.5 Å². The van der Waals surface area contributed by atoms with Crippen molar-refractivity contribution in [3.05, 3.63) is 0 Å². The van der Waals surface area contributed by atoms with Crippen LogP contribution in [-0.4, -0.2) is 53.1 Å². The number of carbonyl (C=O) groups is 3. The van der Waals surface area contributed by atoms with Crippen LogP contribution in [0.5, 0.6) is 0 Å². The first kappa shape index (κ1) is 21.5. The Hall–Kier alpha value is -1.79. The topological polar surface area (TPSA) is 98.7 Å². The zero-order valence-electron chi connectivity index (χ0n) is 16.8. The molecule has 1 saturated carbocycles. The summed E-state index contributed by atoms with van der Waals surface area (Å²) >= 11 is 0. The van der Waals surface area contributed by atoms with Crippen LogP contribution in [-0.2, 0) is 9.59 Å². The Balaban J connectivity index is 1.88. The molecule has 0 radical (unpaired) electrons. The third-order valence-corrected chi connectivity index (χ3v) is 5.69. The minimum absolute atomic E-state index is 0.0698. The van der Waals surface area contributed by atoms with E-state index in [-0.39, 0.29) is 24.3 Å². The SMILES string of the molecule is CC(C)CNC(=O)N1CCCC(CC(=O)NC2(C(=O)O)CCCCCC2)C1. The van der Waals surface area contributed by atoms with Crippen molar-refractivity contribution in [2.75, 3.05) is 19.6 Å². The number of piperidine rings is 1. The average molecular weight is 382 g/mol. The predicted octanol–water partition coefficient (Wildman–Crippen LogP) is 2.75. The highest BCUT2D eigenvalue weighted by Gasteiger charge is 2.40. The van der Waals surface area contributed by atoms with Gasteiger partial charge in [-0.1, -0.05) is 39.5 Å². The highest BCUT2D eigenvalue weighted by atomic mass is 16.4. The van der Waals surface area contributed by atoms with Gasteiger partial charge in [-0.25, -0.2) is 9.59 Å².